The van der Waals surface area contributed by atoms with Crippen molar-refractivity contribution < 1.29 is 22.4 Å². The van der Waals surface area contributed by atoms with Gasteiger partial charge in [-0.1, -0.05) is 13.8 Å². The minimum Gasteiger partial charge on any atom is -0.320 e. The molecule has 16 heavy (non-hydrogen) atoms. The topological polar surface area (TPSA) is 32.3 Å². The first-order chi connectivity index (χ1) is 7.25. The second kappa shape index (κ2) is 4.57. The summed E-state index contributed by atoms with van der Waals surface area (Å²) in [5.41, 5.74) is 0. The summed E-state index contributed by atoms with van der Waals surface area (Å²) in [6.45, 7) is 2.13. The molecular formula is C9H14F4N2O. The fraction of sp³-hybridized carbons (Fsp3) is 0.889. The third-order valence-corrected chi connectivity index (χ3v) is 2.45. The molecule has 1 aliphatic heterocycles. The quantitative estimate of drug-likeness (QED) is 0.754. The van der Waals surface area contributed by atoms with Gasteiger partial charge in [-0.3, -0.25) is 10.1 Å². The van der Waals surface area contributed by atoms with E-state index in [1.54, 1.807) is 13.8 Å². The summed E-state index contributed by atoms with van der Waals surface area (Å²) in [5.74, 6) is -4.84. The first-order valence-corrected chi connectivity index (χ1v) is 4.94. The minimum absolute atomic E-state index is 0.0812. The molecule has 1 amide bonds. The zero-order valence-corrected chi connectivity index (χ0v) is 9.01. The highest BCUT2D eigenvalue weighted by molar-refractivity contribution is 5.80. The largest absolute Gasteiger partial charge is 0.324 e. The molecule has 0 aliphatic carbocycles. The molecule has 1 heterocycles. The van der Waals surface area contributed by atoms with Gasteiger partial charge in [0.25, 0.3) is 0 Å². The van der Waals surface area contributed by atoms with E-state index >= 15 is 0 Å². The number of carbonyl (C=O) groups excluding carboxylic acids is 1. The zero-order chi connectivity index (χ0) is 12.5. The van der Waals surface area contributed by atoms with Gasteiger partial charge in [-0.05, 0) is 5.92 Å². The van der Waals surface area contributed by atoms with Crippen molar-refractivity contribution in [1.82, 2.24) is 10.2 Å². The second-order valence-corrected chi connectivity index (χ2v) is 4.15. The zero-order valence-electron chi connectivity index (χ0n) is 9.01. The smallest absolute Gasteiger partial charge is 0.320 e. The normalized spacial score (nSPS) is 22.6. The summed E-state index contributed by atoms with van der Waals surface area (Å²) in [7, 11) is 0. The molecule has 0 aromatic carbocycles. The predicted molar refractivity (Wildman–Crippen MR) is 49.3 cm³/mol. The number of nitrogens with zero attached hydrogens (tertiary/aromatic N) is 1. The van der Waals surface area contributed by atoms with E-state index < -0.39 is 31.0 Å². The maximum atomic E-state index is 12.8. The predicted octanol–water partition coefficient (Wildman–Crippen LogP) is 1.30. The van der Waals surface area contributed by atoms with Gasteiger partial charge in [0.15, 0.2) is 0 Å². The average molecular weight is 242 g/mol. The fourth-order valence-corrected chi connectivity index (χ4v) is 1.64. The van der Waals surface area contributed by atoms with Crippen LogP contribution < -0.4 is 5.32 Å². The minimum atomic E-state index is -4.16. The molecule has 3 nitrogen and oxygen atoms in total. The standard InChI is InChI=1S/C9H14F4N2O/c1-5(2)7-14-3-6(16)15(7)4-9(12,13)8(10)11/h5,7-8,14H,3-4H2,1-2H3. The van der Waals surface area contributed by atoms with E-state index in [4.69, 9.17) is 0 Å². The molecule has 0 radical (unpaired) electrons. The Hall–Kier alpha value is -0.850. The molecule has 1 N–H and O–H groups in total. The third kappa shape index (κ3) is 2.63. The lowest BCUT2D eigenvalue weighted by Gasteiger charge is -2.30. The summed E-state index contributed by atoms with van der Waals surface area (Å²) < 4.78 is 49.7. The molecule has 1 rings (SSSR count). The van der Waals surface area contributed by atoms with Gasteiger partial charge < -0.3 is 4.90 Å². The van der Waals surface area contributed by atoms with Crippen LogP contribution >= 0.6 is 0 Å². The van der Waals surface area contributed by atoms with Gasteiger partial charge in [0, 0.05) is 0 Å². The van der Waals surface area contributed by atoms with Gasteiger partial charge in [-0.25, -0.2) is 8.78 Å². The van der Waals surface area contributed by atoms with Gasteiger partial charge >= 0.3 is 12.3 Å². The van der Waals surface area contributed by atoms with E-state index in [1.165, 1.54) is 0 Å². The molecule has 0 saturated carbocycles. The van der Waals surface area contributed by atoms with Crippen LogP contribution in [0.25, 0.3) is 0 Å². The molecule has 1 aliphatic rings. The molecule has 1 atom stereocenters. The van der Waals surface area contributed by atoms with Crippen LogP contribution in [0.15, 0.2) is 0 Å². The molecule has 1 saturated heterocycles. The Bertz CT molecular complexity index is 270. The monoisotopic (exact) mass is 242 g/mol. The lowest BCUT2D eigenvalue weighted by molar-refractivity contribution is -0.157. The molecule has 7 heteroatoms. The number of carbonyl (C=O) groups is 1. The highest BCUT2D eigenvalue weighted by atomic mass is 19.3. The van der Waals surface area contributed by atoms with Crippen LogP contribution in [0, 0.1) is 5.92 Å². The van der Waals surface area contributed by atoms with E-state index in [0.29, 0.717) is 0 Å². The van der Waals surface area contributed by atoms with Gasteiger partial charge in [-0.15, -0.1) is 0 Å². The number of nitrogens with one attached hydrogen (secondary N) is 1. The van der Waals surface area contributed by atoms with Crippen LogP contribution in [0.3, 0.4) is 0 Å². The van der Waals surface area contributed by atoms with Gasteiger partial charge in [0.2, 0.25) is 5.91 Å². The van der Waals surface area contributed by atoms with Crippen molar-refractivity contribution in [3.8, 4) is 0 Å². The van der Waals surface area contributed by atoms with Gasteiger partial charge in [-0.2, -0.15) is 8.78 Å². The maximum Gasteiger partial charge on any atom is 0.324 e. The van der Waals surface area contributed by atoms with Crippen LogP contribution in [-0.4, -0.2) is 42.4 Å². The average Bonchev–Trinajstić information content (AvgIpc) is 2.47. The van der Waals surface area contributed by atoms with E-state index in [0.717, 1.165) is 4.90 Å². The van der Waals surface area contributed by atoms with Crippen molar-refractivity contribution in [1.29, 1.82) is 0 Å². The number of hydrogen-bond donors (Lipinski definition) is 1. The summed E-state index contributed by atoms with van der Waals surface area (Å²) in [4.78, 5) is 12.1. The number of rotatable bonds is 4. The van der Waals surface area contributed by atoms with Crippen molar-refractivity contribution in [2.75, 3.05) is 13.1 Å². The molecule has 0 aromatic rings. The van der Waals surface area contributed by atoms with Gasteiger partial charge in [0.05, 0.1) is 19.3 Å². The number of hydrogen-bond acceptors (Lipinski definition) is 2. The second-order valence-electron chi connectivity index (χ2n) is 4.15. The first kappa shape index (κ1) is 13.2. The lowest BCUT2D eigenvalue weighted by Crippen LogP contribution is -2.49. The van der Waals surface area contributed by atoms with Gasteiger partial charge in [0.1, 0.15) is 0 Å². The summed E-state index contributed by atoms with van der Waals surface area (Å²) in [6, 6.07) is 0. The SMILES string of the molecule is CC(C)C1NCC(=O)N1CC(F)(F)C(F)F. The third-order valence-electron chi connectivity index (χ3n) is 2.45. The molecule has 1 fully saturated rings. The highest BCUT2D eigenvalue weighted by Gasteiger charge is 2.46. The van der Waals surface area contributed by atoms with Crippen LogP contribution in [0.1, 0.15) is 13.8 Å². The summed E-state index contributed by atoms with van der Waals surface area (Å²) in [6.07, 6.45) is -4.36. The number of alkyl halides is 4. The molecule has 0 aromatic heterocycles. The molecular weight excluding hydrogens is 228 g/mol. The lowest BCUT2D eigenvalue weighted by atomic mass is 10.1. The number of amides is 1. The van der Waals surface area contributed by atoms with Crippen LogP contribution in [0.5, 0.6) is 0 Å². The van der Waals surface area contributed by atoms with Crippen molar-refractivity contribution in [2.45, 2.75) is 32.4 Å². The fourth-order valence-electron chi connectivity index (χ4n) is 1.64. The highest BCUT2D eigenvalue weighted by Crippen LogP contribution is 2.26. The summed E-state index contributed by atoms with van der Waals surface area (Å²) >= 11 is 0. The molecule has 1 unspecified atom stereocenters. The molecule has 0 bridgehead atoms. The molecule has 94 valence electrons. The maximum absolute atomic E-state index is 12.8. The summed E-state index contributed by atoms with van der Waals surface area (Å²) in [5, 5.41) is 2.72. The van der Waals surface area contributed by atoms with Crippen molar-refractivity contribution >= 4 is 5.91 Å². The van der Waals surface area contributed by atoms with Crippen LogP contribution in [0.4, 0.5) is 17.6 Å². The Morgan fingerprint density at radius 1 is 1.50 bits per heavy atom. The van der Waals surface area contributed by atoms with E-state index in [-0.39, 0.29) is 12.5 Å². The Labute approximate surface area is 90.8 Å². The Balaban J connectivity index is 2.74. The van der Waals surface area contributed by atoms with E-state index in [1.807, 2.05) is 0 Å². The number of halogens is 4. The Morgan fingerprint density at radius 2 is 2.06 bits per heavy atom. The van der Waals surface area contributed by atoms with Crippen LogP contribution in [-0.2, 0) is 4.79 Å². The van der Waals surface area contributed by atoms with Crippen molar-refractivity contribution in [3.63, 3.8) is 0 Å². The van der Waals surface area contributed by atoms with E-state index in [9.17, 15) is 22.4 Å². The molecule has 0 spiro atoms. The van der Waals surface area contributed by atoms with Crippen molar-refractivity contribution in [3.05, 3.63) is 0 Å². The Kier molecular flexibility index (Phi) is 3.77. The van der Waals surface area contributed by atoms with Crippen molar-refractivity contribution in [2.24, 2.45) is 5.92 Å². The first-order valence-electron chi connectivity index (χ1n) is 4.94. The Morgan fingerprint density at radius 3 is 2.50 bits per heavy atom. The van der Waals surface area contributed by atoms with Crippen LogP contribution in [0.2, 0.25) is 0 Å². The van der Waals surface area contributed by atoms with E-state index in [2.05, 4.69) is 5.32 Å².